The summed E-state index contributed by atoms with van der Waals surface area (Å²) in [5.41, 5.74) is 2.05. The number of fused-ring (bicyclic) bond motifs is 1. The first-order valence-corrected chi connectivity index (χ1v) is 10.4. The zero-order valence-electron chi connectivity index (χ0n) is 13.7. The number of para-hydroxylation sites is 1. The molecule has 0 atom stereocenters. The van der Waals surface area contributed by atoms with Crippen molar-refractivity contribution in [3.63, 3.8) is 0 Å². The molecule has 0 bridgehead atoms. The number of thiophene rings is 1. The number of aromatic hydroxyl groups is 1. The quantitative estimate of drug-likeness (QED) is 0.492. The molecule has 0 radical (unpaired) electrons. The number of hydrogen-bond donors (Lipinski definition) is 1. The van der Waals surface area contributed by atoms with Crippen LogP contribution >= 0.6 is 46.3 Å². The second-order valence-corrected chi connectivity index (χ2v) is 9.26. The van der Waals surface area contributed by atoms with Gasteiger partial charge in [0.1, 0.15) is 5.75 Å². The van der Waals surface area contributed by atoms with Gasteiger partial charge < -0.3 is 10.0 Å². The molecule has 0 spiro atoms. The molecule has 0 saturated carbocycles. The highest BCUT2D eigenvalue weighted by Gasteiger charge is 2.17. The SMILES string of the molecule is Oc1cccc2c1N(Cc1ccc(Sc3ccc(Cl)c(Cl)c3)s1)C=CC2. The number of halogens is 2. The fourth-order valence-electron chi connectivity index (χ4n) is 2.91. The summed E-state index contributed by atoms with van der Waals surface area (Å²) in [7, 11) is 0. The van der Waals surface area contributed by atoms with Crippen molar-refractivity contribution < 1.29 is 5.11 Å². The summed E-state index contributed by atoms with van der Waals surface area (Å²) in [4.78, 5) is 4.40. The minimum Gasteiger partial charge on any atom is -0.506 e. The summed E-state index contributed by atoms with van der Waals surface area (Å²) in [6.45, 7) is 0.730. The molecule has 0 fully saturated rings. The lowest BCUT2D eigenvalue weighted by atomic mass is 10.0. The van der Waals surface area contributed by atoms with Crippen LogP contribution in [0.2, 0.25) is 10.0 Å². The van der Waals surface area contributed by atoms with Crippen LogP contribution < -0.4 is 4.90 Å². The largest absolute Gasteiger partial charge is 0.506 e. The van der Waals surface area contributed by atoms with E-state index in [1.54, 1.807) is 29.2 Å². The Bertz CT molecular complexity index is 984. The van der Waals surface area contributed by atoms with Gasteiger partial charge in [-0.2, -0.15) is 0 Å². The normalized spacial score (nSPS) is 13.1. The molecule has 2 heterocycles. The van der Waals surface area contributed by atoms with Crippen molar-refractivity contribution in [3.8, 4) is 5.75 Å². The van der Waals surface area contributed by atoms with Crippen molar-refractivity contribution in [3.05, 3.63) is 81.3 Å². The average molecular weight is 420 g/mol. The Morgan fingerprint density at radius 2 is 1.96 bits per heavy atom. The van der Waals surface area contributed by atoms with Crippen LogP contribution in [0.1, 0.15) is 10.4 Å². The van der Waals surface area contributed by atoms with Crippen molar-refractivity contribution in [2.75, 3.05) is 4.90 Å². The standard InChI is InChI=1S/C20H15Cl2NOS2/c21-16-8-6-14(11-17(16)22)25-19-9-7-15(26-19)12-23-10-2-4-13-3-1-5-18(24)20(13)23/h1-3,5-11,24H,4,12H2. The Kier molecular flexibility index (Phi) is 5.18. The number of phenolic OH excluding ortho intramolecular Hbond substituents is 1. The number of anilines is 1. The number of hydrogen-bond acceptors (Lipinski definition) is 4. The molecule has 3 aromatic rings. The second-order valence-electron chi connectivity index (χ2n) is 5.90. The number of rotatable bonds is 4. The van der Waals surface area contributed by atoms with E-state index in [4.69, 9.17) is 23.2 Å². The van der Waals surface area contributed by atoms with Gasteiger partial charge in [0.15, 0.2) is 0 Å². The van der Waals surface area contributed by atoms with Crippen LogP contribution in [0, 0.1) is 0 Å². The maximum absolute atomic E-state index is 10.3. The molecule has 1 aliphatic rings. The van der Waals surface area contributed by atoms with E-state index in [1.165, 1.54) is 9.09 Å². The third-order valence-corrected chi connectivity index (χ3v) is 7.01. The van der Waals surface area contributed by atoms with Gasteiger partial charge in [-0.1, -0.05) is 53.2 Å². The number of benzene rings is 2. The van der Waals surface area contributed by atoms with Crippen molar-refractivity contribution in [2.24, 2.45) is 0 Å². The third kappa shape index (κ3) is 3.74. The van der Waals surface area contributed by atoms with Gasteiger partial charge >= 0.3 is 0 Å². The molecule has 1 aliphatic heterocycles. The zero-order valence-corrected chi connectivity index (χ0v) is 16.8. The molecule has 0 unspecified atom stereocenters. The van der Waals surface area contributed by atoms with Gasteiger partial charge in [0.25, 0.3) is 0 Å². The van der Waals surface area contributed by atoms with Gasteiger partial charge in [-0.15, -0.1) is 11.3 Å². The molecule has 132 valence electrons. The molecule has 4 rings (SSSR count). The van der Waals surface area contributed by atoms with E-state index >= 15 is 0 Å². The third-order valence-electron chi connectivity index (χ3n) is 4.08. The number of nitrogens with zero attached hydrogens (tertiary/aromatic N) is 1. The van der Waals surface area contributed by atoms with Gasteiger partial charge in [0.2, 0.25) is 0 Å². The van der Waals surface area contributed by atoms with E-state index < -0.39 is 0 Å². The van der Waals surface area contributed by atoms with Gasteiger partial charge in [-0.05, 0) is 48.4 Å². The van der Waals surface area contributed by atoms with Gasteiger partial charge in [0, 0.05) is 16.0 Å². The number of allylic oxidation sites excluding steroid dienone is 1. The average Bonchev–Trinajstić information content (AvgIpc) is 3.05. The molecule has 2 nitrogen and oxygen atoms in total. The van der Waals surface area contributed by atoms with Crippen LogP contribution in [0.15, 0.2) is 69.9 Å². The van der Waals surface area contributed by atoms with Gasteiger partial charge in [0.05, 0.1) is 26.5 Å². The summed E-state index contributed by atoms with van der Waals surface area (Å²) >= 11 is 15.5. The summed E-state index contributed by atoms with van der Waals surface area (Å²) in [5, 5.41) is 11.4. The zero-order chi connectivity index (χ0) is 18.1. The summed E-state index contributed by atoms with van der Waals surface area (Å²) in [5.74, 6) is 0.328. The van der Waals surface area contributed by atoms with E-state index in [9.17, 15) is 5.11 Å². The lowest BCUT2D eigenvalue weighted by Crippen LogP contribution is -2.19. The van der Waals surface area contributed by atoms with E-state index in [0.717, 1.165) is 29.1 Å². The minimum absolute atomic E-state index is 0.328. The van der Waals surface area contributed by atoms with E-state index in [-0.39, 0.29) is 0 Å². The molecular weight excluding hydrogens is 405 g/mol. The first-order valence-electron chi connectivity index (χ1n) is 8.06. The molecule has 1 N–H and O–H groups in total. The fourth-order valence-corrected chi connectivity index (χ4v) is 5.46. The first-order chi connectivity index (χ1) is 12.6. The Morgan fingerprint density at radius 3 is 2.81 bits per heavy atom. The van der Waals surface area contributed by atoms with E-state index in [0.29, 0.717) is 15.8 Å². The molecule has 26 heavy (non-hydrogen) atoms. The van der Waals surface area contributed by atoms with E-state index in [1.807, 2.05) is 30.5 Å². The minimum atomic E-state index is 0.328. The van der Waals surface area contributed by atoms with Crippen LogP contribution in [-0.2, 0) is 13.0 Å². The number of phenols is 1. The van der Waals surface area contributed by atoms with Crippen LogP contribution in [-0.4, -0.2) is 5.11 Å². The van der Waals surface area contributed by atoms with Crippen LogP contribution in [0.3, 0.4) is 0 Å². The summed E-state index contributed by atoms with van der Waals surface area (Å²) < 4.78 is 1.19. The van der Waals surface area contributed by atoms with Gasteiger partial charge in [-0.3, -0.25) is 0 Å². The smallest absolute Gasteiger partial charge is 0.139 e. The maximum Gasteiger partial charge on any atom is 0.139 e. The summed E-state index contributed by atoms with van der Waals surface area (Å²) in [6.07, 6.45) is 5.03. The second kappa shape index (κ2) is 7.57. The monoisotopic (exact) mass is 419 g/mol. The molecule has 0 saturated heterocycles. The van der Waals surface area contributed by atoms with Gasteiger partial charge in [-0.25, -0.2) is 0 Å². The predicted octanol–water partition coefficient (Wildman–Crippen LogP) is 6.99. The topological polar surface area (TPSA) is 23.5 Å². The van der Waals surface area contributed by atoms with Crippen molar-refractivity contribution in [2.45, 2.75) is 22.1 Å². The predicted molar refractivity (Wildman–Crippen MR) is 112 cm³/mol. The Hall–Kier alpha value is -1.59. The Morgan fingerprint density at radius 1 is 1.08 bits per heavy atom. The highest BCUT2D eigenvalue weighted by Crippen LogP contribution is 2.39. The van der Waals surface area contributed by atoms with Crippen molar-refractivity contribution in [1.29, 1.82) is 0 Å². The Balaban J connectivity index is 1.51. The molecule has 1 aromatic heterocycles. The molecule has 2 aromatic carbocycles. The maximum atomic E-state index is 10.3. The lowest BCUT2D eigenvalue weighted by molar-refractivity contribution is 0.474. The van der Waals surface area contributed by atoms with Crippen LogP contribution in [0.25, 0.3) is 0 Å². The molecule has 0 amide bonds. The van der Waals surface area contributed by atoms with Crippen molar-refractivity contribution in [1.82, 2.24) is 0 Å². The first kappa shape index (κ1) is 17.8. The highest BCUT2D eigenvalue weighted by molar-refractivity contribution is 8.01. The lowest BCUT2D eigenvalue weighted by Gasteiger charge is -2.26. The fraction of sp³-hybridized carbons (Fsp3) is 0.100. The summed E-state index contributed by atoms with van der Waals surface area (Å²) in [6, 6.07) is 15.6. The van der Waals surface area contributed by atoms with Crippen LogP contribution in [0.5, 0.6) is 5.75 Å². The molecule has 6 heteroatoms. The Labute approximate surface area is 170 Å². The van der Waals surface area contributed by atoms with E-state index in [2.05, 4.69) is 29.2 Å². The molecular formula is C20H15Cl2NOS2. The molecule has 0 aliphatic carbocycles. The van der Waals surface area contributed by atoms with Crippen LogP contribution in [0.4, 0.5) is 5.69 Å². The van der Waals surface area contributed by atoms with Crippen molar-refractivity contribution >= 4 is 52.0 Å². The highest BCUT2D eigenvalue weighted by atomic mass is 35.5.